The molecule has 1 aromatic rings. The van der Waals surface area contributed by atoms with Gasteiger partial charge in [-0.25, -0.2) is 4.39 Å². The molecule has 82 valence electrons. The van der Waals surface area contributed by atoms with Crippen LogP contribution in [0.5, 0.6) is 0 Å². The Morgan fingerprint density at radius 3 is 3.00 bits per heavy atom. The third kappa shape index (κ3) is 1.13. The monoisotopic (exact) mass is 218 g/mol. The first kappa shape index (κ1) is 9.54. The summed E-state index contributed by atoms with van der Waals surface area (Å²) < 4.78 is 13.1. The van der Waals surface area contributed by atoms with Crippen molar-refractivity contribution in [3.63, 3.8) is 0 Å². The van der Waals surface area contributed by atoms with Gasteiger partial charge in [-0.1, -0.05) is 18.2 Å². The molecule has 0 fully saturated rings. The number of fused-ring (bicyclic) bond motifs is 2. The fourth-order valence-electron chi connectivity index (χ4n) is 2.38. The van der Waals surface area contributed by atoms with Crippen LogP contribution in [0.1, 0.15) is 5.56 Å². The van der Waals surface area contributed by atoms with Crippen molar-refractivity contribution in [2.75, 3.05) is 18.4 Å². The SMILES string of the molecule is O=C1Nc2cc(F)ccc2[C@]12C=CCNC2. The van der Waals surface area contributed by atoms with Gasteiger partial charge in [0.25, 0.3) is 0 Å². The van der Waals surface area contributed by atoms with Gasteiger partial charge in [0.2, 0.25) is 5.91 Å². The van der Waals surface area contributed by atoms with Crippen LogP contribution in [0.4, 0.5) is 10.1 Å². The zero-order valence-corrected chi connectivity index (χ0v) is 8.59. The molecule has 0 aliphatic carbocycles. The quantitative estimate of drug-likeness (QED) is 0.642. The molecule has 0 bridgehead atoms. The molecule has 2 heterocycles. The smallest absolute Gasteiger partial charge is 0.240 e. The average molecular weight is 218 g/mol. The van der Waals surface area contributed by atoms with Crippen LogP contribution in [-0.4, -0.2) is 19.0 Å². The molecule has 2 aliphatic heterocycles. The molecule has 4 heteroatoms. The van der Waals surface area contributed by atoms with Gasteiger partial charge in [-0.05, 0) is 17.7 Å². The summed E-state index contributed by atoms with van der Waals surface area (Å²) in [6.45, 7) is 1.33. The molecule has 0 unspecified atom stereocenters. The molecule has 1 aromatic carbocycles. The molecule has 0 radical (unpaired) electrons. The topological polar surface area (TPSA) is 41.1 Å². The molecule has 1 amide bonds. The van der Waals surface area contributed by atoms with Crippen molar-refractivity contribution >= 4 is 11.6 Å². The first-order valence-corrected chi connectivity index (χ1v) is 5.22. The third-order valence-corrected chi connectivity index (χ3v) is 3.18. The van der Waals surface area contributed by atoms with Gasteiger partial charge in [-0.2, -0.15) is 0 Å². The number of anilines is 1. The molecule has 3 nitrogen and oxygen atoms in total. The number of carbonyl (C=O) groups is 1. The van der Waals surface area contributed by atoms with Crippen molar-refractivity contribution in [3.05, 3.63) is 41.7 Å². The van der Waals surface area contributed by atoms with Gasteiger partial charge in [-0.15, -0.1) is 0 Å². The highest BCUT2D eigenvalue weighted by Crippen LogP contribution is 2.39. The van der Waals surface area contributed by atoms with Crippen molar-refractivity contribution in [1.82, 2.24) is 5.32 Å². The van der Waals surface area contributed by atoms with E-state index in [0.29, 0.717) is 12.2 Å². The van der Waals surface area contributed by atoms with Crippen LogP contribution in [0.25, 0.3) is 0 Å². The lowest BCUT2D eigenvalue weighted by Crippen LogP contribution is -2.44. The zero-order chi connectivity index (χ0) is 11.2. The van der Waals surface area contributed by atoms with Crippen molar-refractivity contribution < 1.29 is 9.18 Å². The van der Waals surface area contributed by atoms with E-state index in [1.807, 2.05) is 12.2 Å². The van der Waals surface area contributed by atoms with Crippen LogP contribution in [0.15, 0.2) is 30.4 Å². The molecule has 2 aliphatic rings. The van der Waals surface area contributed by atoms with Gasteiger partial charge in [-0.3, -0.25) is 4.79 Å². The molecule has 0 aromatic heterocycles. The van der Waals surface area contributed by atoms with Crippen molar-refractivity contribution in [3.8, 4) is 0 Å². The van der Waals surface area contributed by atoms with Crippen LogP contribution in [0, 0.1) is 5.82 Å². The molecule has 16 heavy (non-hydrogen) atoms. The van der Waals surface area contributed by atoms with E-state index in [-0.39, 0.29) is 11.7 Å². The summed E-state index contributed by atoms with van der Waals surface area (Å²) in [7, 11) is 0. The molecule has 0 saturated heterocycles. The van der Waals surface area contributed by atoms with Crippen LogP contribution in [-0.2, 0) is 10.2 Å². The molecule has 3 rings (SSSR count). The van der Waals surface area contributed by atoms with Gasteiger partial charge >= 0.3 is 0 Å². The summed E-state index contributed by atoms with van der Waals surface area (Å²) in [5.41, 5.74) is 0.780. The minimum atomic E-state index is -0.652. The number of amides is 1. The minimum Gasteiger partial charge on any atom is -0.325 e. The molecule has 0 saturated carbocycles. The highest BCUT2D eigenvalue weighted by Gasteiger charge is 2.45. The van der Waals surface area contributed by atoms with Gasteiger partial charge < -0.3 is 10.6 Å². The van der Waals surface area contributed by atoms with Crippen molar-refractivity contribution in [2.24, 2.45) is 0 Å². The average Bonchev–Trinajstić information content (AvgIpc) is 2.53. The summed E-state index contributed by atoms with van der Waals surface area (Å²) in [6, 6.07) is 4.44. The maximum Gasteiger partial charge on any atom is 0.240 e. The number of nitrogens with one attached hydrogen (secondary N) is 2. The normalized spacial score (nSPS) is 26.9. The van der Waals surface area contributed by atoms with Gasteiger partial charge in [0.05, 0.1) is 0 Å². The van der Waals surface area contributed by atoms with E-state index in [4.69, 9.17) is 0 Å². The molecular weight excluding hydrogens is 207 g/mol. The van der Waals surface area contributed by atoms with E-state index < -0.39 is 5.41 Å². The summed E-state index contributed by atoms with van der Waals surface area (Å²) in [6.07, 6.45) is 3.84. The summed E-state index contributed by atoms with van der Waals surface area (Å²) >= 11 is 0. The Bertz CT molecular complexity index is 498. The van der Waals surface area contributed by atoms with Crippen LogP contribution < -0.4 is 10.6 Å². The molecule has 1 spiro atoms. The van der Waals surface area contributed by atoms with Crippen LogP contribution >= 0.6 is 0 Å². The standard InChI is InChI=1S/C12H11FN2O/c13-8-2-3-9-10(6-8)15-11(16)12(9)4-1-5-14-7-12/h1-4,6,14H,5,7H2,(H,15,16)/t12-/m1/s1. The predicted octanol–water partition coefficient (Wildman–Crippen LogP) is 1.17. The highest BCUT2D eigenvalue weighted by molar-refractivity contribution is 6.08. The molecular formula is C12H11FN2O. The number of rotatable bonds is 0. The second-order valence-corrected chi connectivity index (χ2v) is 4.15. The van der Waals surface area contributed by atoms with Crippen LogP contribution in [0.3, 0.4) is 0 Å². The Hall–Kier alpha value is -1.68. The second-order valence-electron chi connectivity index (χ2n) is 4.15. The number of benzene rings is 1. The van der Waals surface area contributed by atoms with Gasteiger partial charge in [0.15, 0.2) is 0 Å². The zero-order valence-electron chi connectivity index (χ0n) is 8.59. The van der Waals surface area contributed by atoms with E-state index in [2.05, 4.69) is 10.6 Å². The van der Waals surface area contributed by atoms with Gasteiger partial charge in [0.1, 0.15) is 11.2 Å². The first-order valence-electron chi connectivity index (χ1n) is 5.22. The summed E-state index contributed by atoms with van der Waals surface area (Å²) in [4.78, 5) is 12.0. The van der Waals surface area contributed by atoms with E-state index >= 15 is 0 Å². The Morgan fingerprint density at radius 1 is 1.38 bits per heavy atom. The Kier molecular flexibility index (Phi) is 1.88. The Labute approximate surface area is 92.3 Å². The fourth-order valence-corrected chi connectivity index (χ4v) is 2.38. The van der Waals surface area contributed by atoms with E-state index in [9.17, 15) is 9.18 Å². The summed E-state index contributed by atoms with van der Waals surface area (Å²) in [5.74, 6) is -0.416. The second kappa shape index (κ2) is 3.15. The minimum absolute atomic E-state index is 0.0865. The van der Waals surface area contributed by atoms with E-state index in [1.54, 1.807) is 6.07 Å². The Balaban J connectivity index is 2.19. The third-order valence-electron chi connectivity index (χ3n) is 3.18. The largest absolute Gasteiger partial charge is 0.325 e. The maximum atomic E-state index is 13.1. The lowest BCUT2D eigenvalue weighted by molar-refractivity contribution is -0.119. The number of hydrogen-bond acceptors (Lipinski definition) is 2. The van der Waals surface area contributed by atoms with E-state index in [1.165, 1.54) is 12.1 Å². The van der Waals surface area contributed by atoms with Crippen molar-refractivity contribution in [1.29, 1.82) is 0 Å². The fraction of sp³-hybridized carbons (Fsp3) is 0.250. The first-order chi connectivity index (χ1) is 7.72. The Morgan fingerprint density at radius 2 is 2.25 bits per heavy atom. The van der Waals surface area contributed by atoms with Crippen molar-refractivity contribution in [2.45, 2.75) is 5.41 Å². The van der Waals surface area contributed by atoms with Crippen LogP contribution in [0.2, 0.25) is 0 Å². The lowest BCUT2D eigenvalue weighted by atomic mass is 9.80. The number of carbonyl (C=O) groups excluding carboxylic acids is 1. The number of halogens is 1. The molecule has 1 atom stereocenters. The van der Waals surface area contributed by atoms with Gasteiger partial charge in [0, 0.05) is 18.8 Å². The maximum absolute atomic E-state index is 13.1. The molecule has 2 N–H and O–H groups in total. The van der Waals surface area contributed by atoms with E-state index in [0.717, 1.165) is 12.1 Å². The highest BCUT2D eigenvalue weighted by atomic mass is 19.1. The predicted molar refractivity (Wildman–Crippen MR) is 58.7 cm³/mol. The summed E-state index contributed by atoms with van der Waals surface area (Å²) in [5, 5.41) is 5.89. The number of hydrogen-bond donors (Lipinski definition) is 2. The lowest BCUT2D eigenvalue weighted by Gasteiger charge is -2.27.